The Morgan fingerprint density at radius 2 is 1.68 bits per heavy atom. The fourth-order valence-corrected chi connectivity index (χ4v) is 1.53. The predicted octanol–water partition coefficient (Wildman–Crippen LogP) is 1.92. The molecule has 0 aliphatic heterocycles. The Kier molecular flexibility index (Phi) is 4.22. The van der Waals surface area contributed by atoms with Gasteiger partial charge in [-0.15, -0.1) is 0 Å². The number of rotatable bonds is 3. The van der Waals surface area contributed by atoms with E-state index in [2.05, 4.69) is 0 Å². The number of hydrogen-bond acceptors (Lipinski definition) is 4. The number of nitrogens with two attached hydrogens (primary N) is 1. The lowest BCUT2D eigenvalue weighted by molar-refractivity contribution is -0.169. The van der Waals surface area contributed by atoms with Crippen molar-refractivity contribution in [3.63, 3.8) is 0 Å². The lowest BCUT2D eigenvalue weighted by atomic mass is 9.91. The normalized spacial score (nSPS) is 14.6. The molecule has 0 spiro atoms. The van der Waals surface area contributed by atoms with Gasteiger partial charge in [0.05, 0.1) is 0 Å². The number of halogens is 1. The highest BCUT2D eigenvalue weighted by molar-refractivity contribution is 6.30. The molecule has 0 fully saturated rings. The Labute approximate surface area is 116 Å². The Morgan fingerprint density at radius 3 is 2.05 bits per heavy atom. The molecular formula is C13H16ClNO4. The standard InChI is InChI=1S/C13H16ClNO4/c1-12(2,3)19-11(18)13(15,10(16)17)8-4-6-9(14)7-5-8/h4-7H,15H2,1-3H3,(H,16,17). The molecule has 1 aromatic carbocycles. The quantitative estimate of drug-likeness (QED) is 0.654. The molecule has 1 rings (SSSR count). The molecule has 0 radical (unpaired) electrons. The van der Waals surface area contributed by atoms with E-state index in [4.69, 9.17) is 22.1 Å². The van der Waals surface area contributed by atoms with Gasteiger partial charge < -0.3 is 15.6 Å². The zero-order valence-electron chi connectivity index (χ0n) is 10.9. The fraction of sp³-hybridized carbons (Fsp3) is 0.385. The average molecular weight is 286 g/mol. The van der Waals surface area contributed by atoms with Gasteiger partial charge in [0.25, 0.3) is 0 Å². The van der Waals surface area contributed by atoms with Crippen LogP contribution in [0, 0.1) is 0 Å². The van der Waals surface area contributed by atoms with E-state index >= 15 is 0 Å². The molecule has 0 aliphatic carbocycles. The van der Waals surface area contributed by atoms with Crippen molar-refractivity contribution in [3.05, 3.63) is 34.9 Å². The predicted molar refractivity (Wildman–Crippen MR) is 70.8 cm³/mol. The Hall–Kier alpha value is -1.59. The molecule has 104 valence electrons. The van der Waals surface area contributed by atoms with Crippen molar-refractivity contribution >= 4 is 23.5 Å². The molecule has 0 aromatic heterocycles. The van der Waals surface area contributed by atoms with Crippen LogP contribution in [0.1, 0.15) is 26.3 Å². The lowest BCUT2D eigenvalue weighted by Crippen LogP contribution is -2.54. The smallest absolute Gasteiger partial charge is 0.343 e. The van der Waals surface area contributed by atoms with Crippen molar-refractivity contribution in [2.24, 2.45) is 5.73 Å². The molecule has 5 nitrogen and oxygen atoms in total. The van der Waals surface area contributed by atoms with Crippen LogP contribution in [0.25, 0.3) is 0 Å². The van der Waals surface area contributed by atoms with E-state index in [-0.39, 0.29) is 5.56 Å². The maximum Gasteiger partial charge on any atom is 0.343 e. The van der Waals surface area contributed by atoms with Crippen LogP contribution >= 0.6 is 11.6 Å². The highest BCUT2D eigenvalue weighted by Gasteiger charge is 2.47. The molecule has 1 aromatic rings. The van der Waals surface area contributed by atoms with Gasteiger partial charge in [0, 0.05) is 5.02 Å². The van der Waals surface area contributed by atoms with Crippen molar-refractivity contribution in [1.29, 1.82) is 0 Å². The van der Waals surface area contributed by atoms with E-state index in [1.54, 1.807) is 20.8 Å². The molecule has 0 saturated carbocycles. The SMILES string of the molecule is CC(C)(C)OC(=O)C(N)(C(=O)O)c1ccc(Cl)cc1. The molecule has 0 saturated heterocycles. The van der Waals surface area contributed by atoms with Gasteiger partial charge in [-0.25, -0.2) is 9.59 Å². The number of carboxylic acids is 1. The number of aliphatic carboxylic acids is 1. The molecule has 0 bridgehead atoms. The number of benzene rings is 1. The summed E-state index contributed by atoms with van der Waals surface area (Å²) in [4.78, 5) is 23.4. The molecule has 1 atom stereocenters. The summed E-state index contributed by atoms with van der Waals surface area (Å²) in [7, 11) is 0. The molecule has 19 heavy (non-hydrogen) atoms. The maximum atomic E-state index is 12.0. The summed E-state index contributed by atoms with van der Waals surface area (Å²) in [6, 6.07) is 5.71. The largest absolute Gasteiger partial charge is 0.479 e. The minimum atomic E-state index is -2.25. The third-order valence-corrected chi connectivity index (χ3v) is 2.61. The maximum absolute atomic E-state index is 12.0. The van der Waals surface area contributed by atoms with E-state index in [0.29, 0.717) is 5.02 Å². The van der Waals surface area contributed by atoms with Gasteiger partial charge in [0.2, 0.25) is 5.54 Å². The van der Waals surface area contributed by atoms with Crippen molar-refractivity contribution in [2.45, 2.75) is 31.9 Å². The van der Waals surface area contributed by atoms with Crippen molar-refractivity contribution < 1.29 is 19.4 Å². The van der Waals surface area contributed by atoms with Crippen LogP contribution in [0.4, 0.5) is 0 Å². The van der Waals surface area contributed by atoms with Gasteiger partial charge in [-0.05, 0) is 38.5 Å². The van der Waals surface area contributed by atoms with Gasteiger partial charge in [0.15, 0.2) is 0 Å². The van der Waals surface area contributed by atoms with E-state index in [1.807, 2.05) is 0 Å². The number of hydrogen-bond donors (Lipinski definition) is 2. The first kappa shape index (κ1) is 15.5. The van der Waals surface area contributed by atoms with Crippen LogP contribution < -0.4 is 5.73 Å². The second kappa shape index (κ2) is 5.19. The fourth-order valence-electron chi connectivity index (χ4n) is 1.40. The highest BCUT2D eigenvalue weighted by Crippen LogP contribution is 2.24. The summed E-state index contributed by atoms with van der Waals surface area (Å²) in [5.74, 6) is -2.50. The molecule has 0 aliphatic rings. The van der Waals surface area contributed by atoms with E-state index < -0.39 is 23.1 Å². The monoisotopic (exact) mass is 285 g/mol. The Morgan fingerprint density at radius 1 is 1.21 bits per heavy atom. The second-order valence-corrected chi connectivity index (χ2v) is 5.56. The molecule has 3 N–H and O–H groups in total. The average Bonchev–Trinajstić information content (AvgIpc) is 2.26. The van der Waals surface area contributed by atoms with Gasteiger partial charge in [-0.3, -0.25) is 0 Å². The molecule has 0 heterocycles. The third kappa shape index (κ3) is 3.45. The Bertz CT molecular complexity index is 492. The van der Waals surface area contributed by atoms with Crippen LogP contribution in [0.15, 0.2) is 24.3 Å². The van der Waals surface area contributed by atoms with Crippen molar-refractivity contribution in [1.82, 2.24) is 0 Å². The zero-order chi connectivity index (χ0) is 14.8. The first-order valence-corrected chi connectivity index (χ1v) is 5.97. The van der Waals surface area contributed by atoms with Crippen molar-refractivity contribution in [2.75, 3.05) is 0 Å². The van der Waals surface area contributed by atoms with E-state index in [1.165, 1.54) is 24.3 Å². The van der Waals surface area contributed by atoms with Gasteiger partial charge in [-0.2, -0.15) is 0 Å². The second-order valence-electron chi connectivity index (χ2n) is 5.12. The first-order chi connectivity index (χ1) is 8.57. The van der Waals surface area contributed by atoms with E-state index in [9.17, 15) is 14.7 Å². The number of carbonyl (C=O) groups is 2. The Balaban J connectivity index is 3.21. The summed E-state index contributed by atoms with van der Waals surface area (Å²) < 4.78 is 5.07. The summed E-state index contributed by atoms with van der Waals surface area (Å²) in [6.07, 6.45) is 0. The van der Waals surface area contributed by atoms with Gasteiger partial charge >= 0.3 is 11.9 Å². The van der Waals surface area contributed by atoms with Crippen LogP contribution in [-0.2, 0) is 19.9 Å². The van der Waals surface area contributed by atoms with Crippen LogP contribution in [0.2, 0.25) is 5.02 Å². The molecule has 1 unspecified atom stereocenters. The van der Waals surface area contributed by atoms with Gasteiger partial charge in [-0.1, -0.05) is 23.7 Å². The van der Waals surface area contributed by atoms with Crippen molar-refractivity contribution in [3.8, 4) is 0 Å². The van der Waals surface area contributed by atoms with Crippen LogP contribution in [0.5, 0.6) is 0 Å². The summed E-state index contributed by atoms with van der Waals surface area (Å²) >= 11 is 5.72. The summed E-state index contributed by atoms with van der Waals surface area (Å²) in [5, 5.41) is 9.68. The molecule has 6 heteroatoms. The van der Waals surface area contributed by atoms with E-state index in [0.717, 1.165) is 0 Å². The summed E-state index contributed by atoms with van der Waals surface area (Å²) in [6.45, 7) is 4.90. The number of carboxylic acid groups (broad SMARTS) is 1. The minimum Gasteiger partial charge on any atom is -0.479 e. The zero-order valence-corrected chi connectivity index (χ0v) is 11.7. The summed E-state index contributed by atoms with van der Waals surface area (Å²) in [5.41, 5.74) is 2.77. The third-order valence-electron chi connectivity index (χ3n) is 2.36. The first-order valence-electron chi connectivity index (χ1n) is 5.59. The van der Waals surface area contributed by atoms with Crippen LogP contribution in [0.3, 0.4) is 0 Å². The molecular weight excluding hydrogens is 270 g/mol. The van der Waals surface area contributed by atoms with Gasteiger partial charge in [0.1, 0.15) is 5.60 Å². The lowest BCUT2D eigenvalue weighted by Gasteiger charge is -2.28. The molecule has 0 amide bonds. The highest BCUT2D eigenvalue weighted by atomic mass is 35.5. The minimum absolute atomic E-state index is 0.110. The number of ether oxygens (including phenoxy) is 1. The number of esters is 1. The number of carbonyl (C=O) groups excluding carboxylic acids is 1. The van der Waals surface area contributed by atoms with Crippen LogP contribution in [-0.4, -0.2) is 22.6 Å². The topological polar surface area (TPSA) is 89.6 Å².